The average Bonchev–Trinajstić information content (AvgIpc) is 3.93. The van der Waals surface area contributed by atoms with Gasteiger partial charge in [0.2, 0.25) is 0 Å². The fourth-order valence-corrected chi connectivity index (χ4v) is 10.8. The smallest absolute Gasteiger partial charge is 0.162 e. The molecule has 0 radical (unpaired) electrons. The van der Waals surface area contributed by atoms with Crippen LogP contribution < -0.4 is 0 Å². The zero-order valence-electron chi connectivity index (χ0n) is 33.2. The molecule has 8 aromatic carbocycles. The van der Waals surface area contributed by atoms with Crippen LogP contribution in [0.5, 0.6) is 0 Å². The van der Waals surface area contributed by atoms with Crippen molar-refractivity contribution in [3.63, 3.8) is 0 Å². The summed E-state index contributed by atoms with van der Waals surface area (Å²) in [6, 6.07) is 72.6. The fourth-order valence-electron chi connectivity index (χ4n) is 8.63. The van der Waals surface area contributed by atoms with Crippen molar-refractivity contribution in [2.24, 2.45) is 0 Å². The van der Waals surface area contributed by atoms with Gasteiger partial charge in [-0.3, -0.25) is 0 Å². The number of fused-ring (bicyclic) bond motifs is 6. The molecule has 0 amide bonds. The third-order valence-corrected chi connectivity index (χ3v) is 13.8. The second-order valence-electron chi connectivity index (χ2n) is 15.3. The van der Waals surface area contributed by atoms with Gasteiger partial charge in [-0.2, -0.15) is 0 Å². The van der Waals surface area contributed by atoms with Crippen molar-refractivity contribution in [3.05, 3.63) is 206 Å². The van der Waals surface area contributed by atoms with Crippen LogP contribution in [0.4, 0.5) is 0 Å². The molecule has 0 N–H and O–H groups in total. The van der Waals surface area contributed by atoms with Crippen LogP contribution in [0.1, 0.15) is 0 Å². The lowest BCUT2D eigenvalue weighted by atomic mass is 9.92. The van der Waals surface area contributed by atoms with Gasteiger partial charge in [-0.1, -0.05) is 194 Å². The zero-order chi connectivity index (χ0) is 41.0. The maximum atomic E-state index is 5.49. The van der Waals surface area contributed by atoms with Gasteiger partial charge in [0.1, 0.15) is 9.66 Å². The number of hydrogen-bond donors (Lipinski definition) is 0. The van der Waals surface area contributed by atoms with Crippen molar-refractivity contribution in [3.8, 4) is 78.7 Å². The molecule has 0 bridgehead atoms. The Morgan fingerprint density at radius 2 is 0.645 bits per heavy atom. The molecule has 62 heavy (non-hydrogen) atoms. The summed E-state index contributed by atoms with van der Waals surface area (Å²) >= 11 is 3.43. The van der Waals surface area contributed by atoms with Crippen molar-refractivity contribution < 1.29 is 0 Å². The van der Waals surface area contributed by atoms with Crippen molar-refractivity contribution in [1.29, 1.82) is 0 Å². The monoisotopic (exact) mass is 826 g/mol. The average molecular weight is 827 g/mol. The molecular formula is C56H34N4S2. The molecular weight excluding hydrogens is 793 g/mol. The molecule has 0 aliphatic heterocycles. The molecule has 0 aliphatic carbocycles. The van der Waals surface area contributed by atoms with Gasteiger partial charge in [-0.05, 0) is 45.5 Å². The molecule has 12 aromatic rings. The topological polar surface area (TPSA) is 51.6 Å². The Morgan fingerprint density at radius 3 is 1.23 bits per heavy atom. The number of rotatable bonds is 7. The van der Waals surface area contributed by atoms with Crippen LogP contribution in [-0.4, -0.2) is 19.9 Å². The van der Waals surface area contributed by atoms with E-state index in [-0.39, 0.29) is 0 Å². The number of hydrogen-bond acceptors (Lipinski definition) is 6. The van der Waals surface area contributed by atoms with Gasteiger partial charge in [0, 0.05) is 53.2 Å². The van der Waals surface area contributed by atoms with Crippen molar-refractivity contribution >= 4 is 63.3 Å². The third kappa shape index (κ3) is 6.28. The molecule has 0 atom stereocenters. The highest BCUT2D eigenvalue weighted by Gasteiger charge is 2.23. The number of thiophene rings is 2. The lowest BCUT2D eigenvalue weighted by Gasteiger charge is -2.16. The standard InChI is InChI=1S/C56H34N4S2/c1-3-15-35(16-4-1)37-27-31-39(32-28-37)51-49-45-23-11-13-25-47(45)61-55(49)60-54(57-51)44-22-10-8-20-42(44)41-19-7-9-21-43(41)52-50-46-24-12-14-26-48(46)62-56(50)59-53(58-52)40-33-29-38(30-34-40)36-17-5-2-6-18-36/h1-34H. The van der Waals surface area contributed by atoms with Crippen LogP contribution in [-0.2, 0) is 0 Å². The summed E-state index contributed by atoms with van der Waals surface area (Å²) in [5.41, 5.74) is 12.6. The van der Waals surface area contributed by atoms with E-state index in [4.69, 9.17) is 19.9 Å². The first kappa shape index (κ1) is 36.2. The van der Waals surface area contributed by atoms with E-state index in [1.165, 1.54) is 31.5 Å². The molecule has 6 heteroatoms. The van der Waals surface area contributed by atoms with Crippen molar-refractivity contribution in [1.82, 2.24) is 19.9 Å². The highest BCUT2D eigenvalue weighted by molar-refractivity contribution is 7.26. The minimum Gasteiger partial charge on any atom is -0.227 e. The number of nitrogens with zero attached hydrogens (tertiary/aromatic N) is 4. The number of aromatic nitrogens is 4. The normalized spacial score (nSPS) is 11.5. The van der Waals surface area contributed by atoms with E-state index in [9.17, 15) is 0 Å². The Balaban J connectivity index is 1.04. The lowest BCUT2D eigenvalue weighted by Crippen LogP contribution is -1.98. The van der Waals surface area contributed by atoms with Gasteiger partial charge in [0.15, 0.2) is 11.6 Å². The van der Waals surface area contributed by atoms with E-state index in [0.29, 0.717) is 11.6 Å². The maximum Gasteiger partial charge on any atom is 0.162 e. The van der Waals surface area contributed by atoms with E-state index >= 15 is 0 Å². The first-order valence-electron chi connectivity index (χ1n) is 20.6. The molecule has 4 heterocycles. The summed E-state index contributed by atoms with van der Waals surface area (Å²) in [4.78, 5) is 23.5. The summed E-state index contributed by atoms with van der Waals surface area (Å²) in [5, 5.41) is 4.46. The summed E-state index contributed by atoms with van der Waals surface area (Å²) in [6.07, 6.45) is 0. The van der Waals surface area contributed by atoms with Gasteiger partial charge >= 0.3 is 0 Å². The molecule has 0 aliphatic rings. The fraction of sp³-hybridized carbons (Fsp3) is 0. The van der Waals surface area contributed by atoms with Gasteiger partial charge in [-0.25, -0.2) is 19.9 Å². The Hall–Kier alpha value is -7.64. The zero-order valence-corrected chi connectivity index (χ0v) is 34.9. The third-order valence-electron chi connectivity index (χ3n) is 11.6. The number of benzene rings is 8. The van der Waals surface area contributed by atoms with Gasteiger partial charge in [0.05, 0.1) is 11.4 Å². The second-order valence-corrected chi connectivity index (χ2v) is 17.4. The summed E-state index contributed by atoms with van der Waals surface area (Å²) < 4.78 is 2.37. The molecule has 4 aromatic heterocycles. The maximum absolute atomic E-state index is 5.49. The first-order valence-corrected chi connectivity index (χ1v) is 22.3. The van der Waals surface area contributed by atoms with Gasteiger partial charge < -0.3 is 0 Å². The molecule has 0 saturated carbocycles. The second kappa shape index (κ2) is 15.1. The predicted molar refractivity (Wildman–Crippen MR) is 261 cm³/mol. The molecule has 290 valence electrons. The lowest BCUT2D eigenvalue weighted by molar-refractivity contribution is 1.24. The molecule has 0 unspecified atom stereocenters. The van der Waals surface area contributed by atoms with E-state index in [2.05, 4.69) is 200 Å². The van der Waals surface area contributed by atoms with Gasteiger partial charge in [0.25, 0.3) is 0 Å². The first-order chi connectivity index (χ1) is 30.7. The Bertz CT molecular complexity index is 3610. The van der Waals surface area contributed by atoms with E-state index in [1.54, 1.807) is 22.7 Å². The van der Waals surface area contributed by atoms with Crippen LogP contribution >= 0.6 is 22.7 Å². The molecule has 0 saturated heterocycles. The summed E-state index contributed by atoms with van der Waals surface area (Å²) in [7, 11) is 0. The van der Waals surface area contributed by atoms with Crippen molar-refractivity contribution in [2.75, 3.05) is 0 Å². The van der Waals surface area contributed by atoms with E-state index < -0.39 is 0 Å². The van der Waals surface area contributed by atoms with Crippen LogP contribution in [0.3, 0.4) is 0 Å². The largest absolute Gasteiger partial charge is 0.227 e. The Morgan fingerprint density at radius 1 is 0.258 bits per heavy atom. The highest BCUT2D eigenvalue weighted by Crippen LogP contribution is 2.45. The van der Waals surface area contributed by atoms with Crippen LogP contribution in [0.25, 0.3) is 119 Å². The molecule has 4 nitrogen and oxygen atoms in total. The Labute approximate surface area is 366 Å². The highest BCUT2D eigenvalue weighted by atomic mass is 32.1. The summed E-state index contributed by atoms with van der Waals surface area (Å²) in [6.45, 7) is 0. The quantitative estimate of drug-likeness (QED) is 0.161. The minimum atomic E-state index is 0.685. The van der Waals surface area contributed by atoms with Gasteiger partial charge in [-0.15, -0.1) is 22.7 Å². The van der Waals surface area contributed by atoms with E-state index in [1.807, 2.05) is 6.07 Å². The SMILES string of the molecule is c1ccc(-c2ccc(-c3nc(-c4ccccc4-c4ccccc4-c4nc(-c5ccc(-c6ccccc6)cc5)c5c(n4)sc4ccccc45)c4c(n3)sc3ccccc34)cc2)cc1. The summed E-state index contributed by atoms with van der Waals surface area (Å²) in [5.74, 6) is 1.38. The van der Waals surface area contributed by atoms with Crippen LogP contribution in [0.15, 0.2) is 206 Å². The minimum absolute atomic E-state index is 0.685. The molecule has 0 spiro atoms. The predicted octanol–water partition coefficient (Wildman–Crippen LogP) is 15.7. The van der Waals surface area contributed by atoms with Crippen LogP contribution in [0, 0.1) is 0 Å². The van der Waals surface area contributed by atoms with Crippen LogP contribution in [0.2, 0.25) is 0 Å². The molecule has 0 fully saturated rings. The van der Waals surface area contributed by atoms with Crippen molar-refractivity contribution in [2.45, 2.75) is 0 Å². The van der Waals surface area contributed by atoms with E-state index in [0.717, 1.165) is 76.2 Å². The Kier molecular flexibility index (Phi) is 8.84. The molecule has 12 rings (SSSR count).